The minimum absolute atomic E-state index is 0.336. The van der Waals surface area contributed by atoms with Crippen molar-refractivity contribution in [2.24, 2.45) is 11.8 Å². The average Bonchev–Trinajstić information content (AvgIpc) is 2.62. The zero-order valence-electron chi connectivity index (χ0n) is 10.9. The molecule has 0 amide bonds. The van der Waals surface area contributed by atoms with Gasteiger partial charge in [-0.05, 0) is 58.8 Å². The van der Waals surface area contributed by atoms with Gasteiger partial charge < -0.3 is 5.32 Å². The smallest absolute Gasteiger partial charge is 0.381 e. The molecule has 106 valence electrons. The van der Waals surface area contributed by atoms with Crippen LogP contribution in [-0.2, 0) is 6.18 Å². The lowest BCUT2D eigenvalue weighted by Gasteiger charge is -2.22. The van der Waals surface area contributed by atoms with Gasteiger partial charge in [0, 0.05) is 16.2 Å². The molecule has 0 spiro atoms. The molecule has 1 nitrogen and oxygen atoms in total. The SMILES string of the molecule is CC1CCC(Nc2ccc(C(F)(F)F)cc2Br)C1C. The first-order chi connectivity index (χ1) is 8.79. The van der Waals surface area contributed by atoms with Crippen molar-refractivity contribution < 1.29 is 13.2 Å². The van der Waals surface area contributed by atoms with Gasteiger partial charge in [-0.25, -0.2) is 0 Å². The molecule has 3 unspecified atom stereocenters. The standard InChI is InChI=1S/C14H17BrF3N/c1-8-3-5-12(9(8)2)19-13-6-4-10(7-11(13)15)14(16,17)18/h4,6-9,12,19H,3,5H2,1-2H3. The lowest BCUT2D eigenvalue weighted by molar-refractivity contribution is -0.137. The highest BCUT2D eigenvalue weighted by Gasteiger charge is 2.32. The Morgan fingerprint density at radius 2 is 1.89 bits per heavy atom. The molecule has 1 aliphatic rings. The maximum atomic E-state index is 12.6. The van der Waals surface area contributed by atoms with Crippen molar-refractivity contribution in [1.29, 1.82) is 0 Å². The Kier molecular flexibility index (Phi) is 4.14. The van der Waals surface area contributed by atoms with E-state index in [1.54, 1.807) is 0 Å². The third kappa shape index (κ3) is 3.25. The van der Waals surface area contributed by atoms with Crippen LogP contribution in [-0.4, -0.2) is 6.04 Å². The van der Waals surface area contributed by atoms with E-state index in [2.05, 4.69) is 35.1 Å². The van der Waals surface area contributed by atoms with Crippen molar-refractivity contribution in [3.05, 3.63) is 28.2 Å². The molecule has 0 saturated heterocycles. The molecule has 5 heteroatoms. The summed E-state index contributed by atoms with van der Waals surface area (Å²) < 4.78 is 38.2. The van der Waals surface area contributed by atoms with Gasteiger partial charge in [-0.3, -0.25) is 0 Å². The largest absolute Gasteiger partial charge is 0.416 e. The summed E-state index contributed by atoms with van der Waals surface area (Å²) in [4.78, 5) is 0. The molecular formula is C14H17BrF3N. The molecule has 0 aliphatic heterocycles. The van der Waals surface area contributed by atoms with Crippen LogP contribution < -0.4 is 5.32 Å². The summed E-state index contributed by atoms with van der Waals surface area (Å²) in [5.41, 5.74) is 0.108. The number of halogens is 4. The Morgan fingerprint density at radius 3 is 2.37 bits per heavy atom. The van der Waals surface area contributed by atoms with Crippen LogP contribution in [0.1, 0.15) is 32.3 Å². The molecular weight excluding hydrogens is 319 g/mol. The zero-order chi connectivity index (χ0) is 14.2. The second kappa shape index (κ2) is 5.35. The first-order valence-corrected chi connectivity index (χ1v) is 7.21. The van der Waals surface area contributed by atoms with E-state index >= 15 is 0 Å². The Hall–Kier alpha value is -0.710. The molecule has 1 fully saturated rings. The van der Waals surface area contributed by atoms with Crippen LogP contribution in [0.15, 0.2) is 22.7 Å². The summed E-state index contributed by atoms with van der Waals surface area (Å²) in [6.07, 6.45) is -2.07. The van der Waals surface area contributed by atoms with Gasteiger partial charge >= 0.3 is 6.18 Å². The molecule has 1 aromatic carbocycles. The Balaban J connectivity index is 2.14. The first-order valence-electron chi connectivity index (χ1n) is 6.42. The molecule has 1 N–H and O–H groups in total. The summed E-state index contributed by atoms with van der Waals surface area (Å²) in [7, 11) is 0. The molecule has 0 aromatic heterocycles. The topological polar surface area (TPSA) is 12.0 Å². The average molecular weight is 336 g/mol. The monoisotopic (exact) mass is 335 g/mol. The van der Waals surface area contributed by atoms with Gasteiger partial charge in [-0.15, -0.1) is 0 Å². The maximum Gasteiger partial charge on any atom is 0.416 e. The lowest BCUT2D eigenvalue weighted by atomic mass is 9.97. The zero-order valence-corrected chi connectivity index (χ0v) is 12.5. The fourth-order valence-electron chi connectivity index (χ4n) is 2.58. The van der Waals surface area contributed by atoms with Crippen LogP contribution in [0.3, 0.4) is 0 Å². The van der Waals surface area contributed by atoms with E-state index in [0.717, 1.165) is 30.7 Å². The molecule has 1 saturated carbocycles. The van der Waals surface area contributed by atoms with E-state index in [9.17, 15) is 13.2 Å². The van der Waals surface area contributed by atoms with Gasteiger partial charge in [0.05, 0.1) is 5.56 Å². The second-order valence-corrected chi connectivity index (χ2v) is 6.21. The molecule has 1 aromatic rings. The van der Waals surface area contributed by atoms with Crippen molar-refractivity contribution in [3.8, 4) is 0 Å². The van der Waals surface area contributed by atoms with Gasteiger partial charge in [0.25, 0.3) is 0 Å². The van der Waals surface area contributed by atoms with E-state index in [-0.39, 0.29) is 0 Å². The van der Waals surface area contributed by atoms with Gasteiger partial charge in [-0.2, -0.15) is 13.2 Å². The molecule has 19 heavy (non-hydrogen) atoms. The summed E-state index contributed by atoms with van der Waals surface area (Å²) in [5.74, 6) is 1.19. The molecule has 3 atom stereocenters. The third-order valence-corrected chi connectivity index (χ3v) is 4.76. The van der Waals surface area contributed by atoms with Crippen molar-refractivity contribution in [1.82, 2.24) is 0 Å². The second-order valence-electron chi connectivity index (χ2n) is 5.36. The van der Waals surface area contributed by atoms with E-state index in [1.165, 1.54) is 6.07 Å². The lowest BCUT2D eigenvalue weighted by Crippen LogP contribution is -2.24. The van der Waals surface area contributed by atoms with Crippen molar-refractivity contribution in [2.75, 3.05) is 5.32 Å². The molecule has 0 radical (unpaired) electrons. The van der Waals surface area contributed by atoms with Gasteiger partial charge in [0.15, 0.2) is 0 Å². The number of alkyl halides is 3. The van der Waals surface area contributed by atoms with Crippen LogP contribution in [0.2, 0.25) is 0 Å². The summed E-state index contributed by atoms with van der Waals surface area (Å²) >= 11 is 3.22. The fraction of sp³-hybridized carbons (Fsp3) is 0.571. The normalized spacial score (nSPS) is 27.6. The Labute approximate surface area is 119 Å². The number of benzene rings is 1. The highest BCUT2D eigenvalue weighted by molar-refractivity contribution is 9.10. The van der Waals surface area contributed by atoms with Crippen molar-refractivity contribution in [3.63, 3.8) is 0 Å². The highest BCUT2D eigenvalue weighted by atomic mass is 79.9. The van der Waals surface area contributed by atoms with Crippen LogP contribution in [0.5, 0.6) is 0 Å². The number of anilines is 1. The van der Waals surface area contributed by atoms with Crippen LogP contribution in [0, 0.1) is 11.8 Å². The number of nitrogens with one attached hydrogen (secondary N) is 1. The predicted octanol–water partition coefficient (Wildman–Crippen LogP) is 5.31. The maximum absolute atomic E-state index is 12.6. The van der Waals surface area contributed by atoms with Gasteiger partial charge in [-0.1, -0.05) is 13.8 Å². The number of rotatable bonds is 2. The van der Waals surface area contributed by atoms with E-state index < -0.39 is 11.7 Å². The first kappa shape index (κ1) is 14.7. The number of hydrogen-bond donors (Lipinski definition) is 1. The minimum Gasteiger partial charge on any atom is -0.381 e. The number of hydrogen-bond acceptors (Lipinski definition) is 1. The molecule has 2 rings (SSSR count). The molecule has 0 heterocycles. The van der Waals surface area contributed by atoms with Crippen LogP contribution in [0.25, 0.3) is 0 Å². The predicted molar refractivity (Wildman–Crippen MR) is 74.1 cm³/mol. The highest BCUT2D eigenvalue weighted by Crippen LogP contribution is 2.37. The van der Waals surface area contributed by atoms with Crippen LogP contribution >= 0.6 is 15.9 Å². The molecule has 0 bridgehead atoms. The summed E-state index contributed by atoms with van der Waals surface area (Å²) in [6, 6.07) is 4.09. The fourth-order valence-corrected chi connectivity index (χ4v) is 3.07. The van der Waals surface area contributed by atoms with E-state index in [4.69, 9.17) is 0 Å². The Bertz CT molecular complexity index is 458. The van der Waals surface area contributed by atoms with Gasteiger partial charge in [0.1, 0.15) is 0 Å². The quantitative estimate of drug-likeness (QED) is 0.771. The van der Waals surface area contributed by atoms with E-state index in [1.807, 2.05) is 0 Å². The summed E-state index contributed by atoms with van der Waals surface area (Å²) in [5, 5.41) is 3.35. The summed E-state index contributed by atoms with van der Waals surface area (Å²) in [6.45, 7) is 4.40. The minimum atomic E-state index is -4.30. The van der Waals surface area contributed by atoms with E-state index in [0.29, 0.717) is 22.4 Å². The Morgan fingerprint density at radius 1 is 1.21 bits per heavy atom. The third-order valence-electron chi connectivity index (χ3n) is 4.10. The van der Waals surface area contributed by atoms with Crippen molar-refractivity contribution >= 4 is 21.6 Å². The molecule has 1 aliphatic carbocycles. The van der Waals surface area contributed by atoms with Crippen molar-refractivity contribution in [2.45, 2.75) is 38.9 Å². The van der Waals surface area contributed by atoms with Gasteiger partial charge in [0.2, 0.25) is 0 Å². The van der Waals surface area contributed by atoms with Crippen LogP contribution in [0.4, 0.5) is 18.9 Å².